The van der Waals surface area contributed by atoms with Crippen LogP contribution in [0.3, 0.4) is 0 Å². The number of rotatable bonds is 5. The summed E-state index contributed by atoms with van der Waals surface area (Å²) in [7, 11) is 0. The van der Waals surface area contributed by atoms with Crippen molar-refractivity contribution >= 4 is 0 Å². The van der Waals surface area contributed by atoms with Gasteiger partial charge in [-0.05, 0) is 6.07 Å². The Balaban J connectivity index is 1.85. The van der Waals surface area contributed by atoms with E-state index in [2.05, 4.69) is 21.2 Å². The molecule has 0 unspecified atom stereocenters. The molecule has 0 bridgehead atoms. The molecule has 0 spiro atoms. The molecule has 0 aliphatic rings. The van der Waals surface area contributed by atoms with Crippen LogP contribution in [0.15, 0.2) is 65.4 Å². The zero-order valence-electron chi connectivity index (χ0n) is 15.7. The molecule has 0 radical (unpaired) electrons. The van der Waals surface area contributed by atoms with E-state index in [0.717, 1.165) is 22.5 Å². The third-order valence-corrected chi connectivity index (χ3v) is 4.48. The normalized spacial score (nSPS) is 10.9. The van der Waals surface area contributed by atoms with Gasteiger partial charge in [-0.1, -0.05) is 67.5 Å². The van der Waals surface area contributed by atoms with Crippen molar-refractivity contribution in [3.8, 4) is 28.6 Å². The first-order valence-electron chi connectivity index (χ1n) is 9.10. The van der Waals surface area contributed by atoms with Crippen LogP contribution in [0.2, 0.25) is 0 Å². The molecule has 2 aromatic carbocycles. The number of hydrogen-bond acceptors (Lipinski definition) is 5. The fourth-order valence-corrected chi connectivity index (χ4v) is 3.10. The van der Waals surface area contributed by atoms with Crippen molar-refractivity contribution in [2.75, 3.05) is 0 Å². The van der Waals surface area contributed by atoms with Crippen molar-refractivity contribution in [1.82, 2.24) is 19.7 Å². The van der Waals surface area contributed by atoms with Crippen molar-refractivity contribution in [3.05, 3.63) is 78.2 Å². The molecule has 28 heavy (non-hydrogen) atoms. The Bertz CT molecular complexity index is 1140. The topological polar surface area (TPSA) is 80.5 Å². The van der Waals surface area contributed by atoms with Gasteiger partial charge in [-0.2, -0.15) is 10.2 Å². The first-order chi connectivity index (χ1) is 13.7. The maximum atomic E-state index is 9.60. The Hall–Kier alpha value is -3.72. The number of aromatic nitrogens is 4. The quantitative estimate of drug-likeness (QED) is 0.512. The Kier molecular flexibility index (Phi) is 4.73. The smallest absolute Gasteiger partial charge is 0.229 e. The fraction of sp³-hybridized carbons (Fsp3) is 0.182. The third kappa shape index (κ3) is 3.30. The van der Waals surface area contributed by atoms with Crippen LogP contribution in [0.4, 0.5) is 0 Å². The summed E-state index contributed by atoms with van der Waals surface area (Å²) in [6.45, 7) is 4.43. The number of hydrogen-bond donors (Lipinski definition) is 0. The molecule has 0 N–H and O–H groups in total. The lowest BCUT2D eigenvalue weighted by molar-refractivity contribution is 0.360. The molecule has 6 heteroatoms. The monoisotopic (exact) mass is 369 g/mol. The van der Waals surface area contributed by atoms with Crippen LogP contribution in [-0.4, -0.2) is 19.7 Å². The number of nitrogens with zero attached hydrogens (tertiary/aromatic N) is 5. The first kappa shape index (κ1) is 17.7. The van der Waals surface area contributed by atoms with Gasteiger partial charge in [-0.15, -0.1) is 0 Å². The molecular weight excluding hydrogens is 350 g/mol. The van der Waals surface area contributed by atoms with Crippen molar-refractivity contribution in [1.29, 1.82) is 5.26 Å². The number of benzene rings is 2. The van der Waals surface area contributed by atoms with Gasteiger partial charge in [0.25, 0.3) is 0 Å². The van der Waals surface area contributed by atoms with Gasteiger partial charge in [0.05, 0.1) is 35.9 Å². The number of nitriles is 1. The Morgan fingerprint density at radius 2 is 1.82 bits per heavy atom. The van der Waals surface area contributed by atoms with Gasteiger partial charge in [0.15, 0.2) is 5.82 Å². The van der Waals surface area contributed by atoms with Crippen molar-refractivity contribution in [3.63, 3.8) is 0 Å². The highest BCUT2D eigenvalue weighted by Crippen LogP contribution is 2.33. The van der Waals surface area contributed by atoms with E-state index in [0.29, 0.717) is 23.8 Å². The molecule has 0 atom stereocenters. The molecule has 6 nitrogen and oxygen atoms in total. The standard InChI is InChI=1S/C22H19N5O/c1-15(2)22-25-19(26-28-22)13-27-14-24-20(16-8-4-3-5-9-16)21(27)18-11-7-6-10-17(18)12-23/h3-11,14-15H,13H2,1-2H3. The Morgan fingerprint density at radius 3 is 2.54 bits per heavy atom. The van der Waals surface area contributed by atoms with Crippen LogP contribution in [0.5, 0.6) is 0 Å². The zero-order valence-corrected chi connectivity index (χ0v) is 15.7. The molecule has 138 valence electrons. The minimum absolute atomic E-state index is 0.169. The summed E-state index contributed by atoms with van der Waals surface area (Å²) < 4.78 is 7.30. The lowest BCUT2D eigenvalue weighted by Gasteiger charge is -2.10. The van der Waals surface area contributed by atoms with Gasteiger partial charge in [0.1, 0.15) is 0 Å². The summed E-state index contributed by atoms with van der Waals surface area (Å²) in [5, 5.41) is 13.7. The Morgan fingerprint density at radius 1 is 1.07 bits per heavy atom. The average Bonchev–Trinajstić information content (AvgIpc) is 3.36. The van der Waals surface area contributed by atoms with Crippen molar-refractivity contribution in [2.24, 2.45) is 0 Å². The zero-order chi connectivity index (χ0) is 19.5. The van der Waals surface area contributed by atoms with E-state index in [1.54, 1.807) is 6.33 Å². The van der Waals surface area contributed by atoms with Crippen LogP contribution in [0, 0.1) is 11.3 Å². The van der Waals surface area contributed by atoms with Gasteiger partial charge < -0.3 is 9.09 Å². The highest BCUT2D eigenvalue weighted by Gasteiger charge is 2.19. The second-order valence-electron chi connectivity index (χ2n) is 6.80. The van der Waals surface area contributed by atoms with Crippen LogP contribution in [-0.2, 0) is 6.54 Å². The van der Waals surface area contributed by atoms with Crippen LogP contribution in [0.1, 0.15) is 37.0 Å². The van der Waals surface area contributed by atoms with E-state index in [9.17, 15) is 5.26 Å². The second-order valence-corrected chi connectivity index (χ2v) is 6.80. The van der Waals surface area contributed by atoms with Gasteiger partial charge >= 0.3 is 0 Å². The molecule has 0 saturated carbocycles. The molecule has 0 fully saturated rings. The van der Waals surface area contributed by atoms with Gasteiger partial charge in [-0.3, -0.25) is 0 Å². The predicted octanol–water partition coefficient (Wildman–Crippen LogP) is 4.64. The van der Waals surface area contributed by atoms with Gasteiger partial charge in [-0.25, -0.2) is 4.98 Å². The third-order valence-electron chi connectivity index (χ3n) is 4.48. The fourth-order valence-electron chi connectivity index (χ4n) is 3.10. The molecule has 2 aromatic heterocycles. The highest BCUT2D eigenvalue weighted by atomic mass is 16.5. The minimum Gasteiger partial charge on any atom is -0.339 e. The maximum absolute atomic E-state index is 9.60. The van der Waals surface area contributed by atoms with E-state index < -0.39 is 0 Å². The van der Waals surface area contributed by atoms with Gasteiger partial charge in [0, 0.05) is 17.0 Å². The molecule has 2 heterocycles. The maximum Gasteiger partial charge on any atom is 0.229 e. The summed E-state index contributed by atoms with van der Waals surface area (Å²) >= 11 is 0. The Labute approximate surface area is 163 Å². The van der Waals surface area contributed by atoms with E-state index >= 15 is 0 Å². The molecule has 0 amide bonds. The van der Waals surface area contributed by atoms with Crippen molar-refractivity contribution < 1.29 is 4.52 Å². The number of imidazole rings is 1. The van der Waals surface area contributed by atoms with Gasteiger partial charge in [0.2, 0.25) is 5.89 Å². The summed E-state index contributed by atoms with van der Waals surface area (Å²) in [5.41, 5.74) is 4.08. The summed E-state index contributed by atoms with van der Waals surface area (Å²) in [6.07, 6.45) is 1.76. The molecule has 4 aromatic rings. The molecule has 0 aliphatic carbocycles. The van der Waals surface area contributed by atoms with Crippen LogP contribution < -0.4 is 0 Å². The predicted molar refractivity (Wildman–Crippen MR) is 105 cm³/mol. The average molecular weight is 369 g/mol. The van der Waals surface area contributed by atoms with E-state index in [4.69, 9.17) is 4.52 Å². The lowest BCUT2D eigenvalue weighted by atomic mass is 10.0. The van der Waals surface area contributed by atoms with E-state index in [-0.39, 0.29) is 5.92 Å². The van der Waals surface area contributed by atoms with Crippen molar-refractivity contribution in [2.45, 2.75) is 26.3 Å². The van der Waals surface area contributed by atoms with Crippen LogP contribution >= 0.6 is 0 Å². The molecule has 0 saturated heterocycles. The molecular formula is C22H19N5O. The highest BCUT2D eigenvalue weighted by molar-refractivity contribution is 5.81. The van der Waals surface area contributed by atoms with E-state index in [1.165, 1.54) is 0 Å². The SMILES string of the molecule is CC(C)c1nc(Cn2cnc(-c3ccccc3)c2-c2ccccc2C#N)no1. The van der Waals surface area contributed by atoms with E-state index in [1.807, 2.05) is 73.0 Å². The van der Waals surface area contributed by atoms with Crippen LogP contribution in [0.25, 0.3) is 22.5 Å². The minimum atomic E-state index is 0.169. The summed E-state index contributed by atoms with van der Waals surface area (Å²) in [5.74, 6) is 1.36. The second kappa shape index (κ2) is 7.49. The lowest BCUT2D eigenvalue weighted by Crippen LogP contribution is -2.04. The molecule has 0 aliphatic heterocycles. The first-order valence-corrected chi connectivity index (χ1v) is 9.10. The summed E-state index contributed by atoms with van der Waals surface area (Å²) in [6, 6.07) is 19.8. The largest absolute Gasteiger partial charge is 0.339 e. The summed E-state index contributed by atoms with van der Waals surface area (Å²) in [4.78, 5) is 9.12. The molecule has 4 rings (SSSR count).